The van der Waals surface area contributed by atoms with E-state index in [1.807, 2.05) is 12.4 Å². The summed E-state index contributed by atoms with van der Waals surface area (Å²) in [7, 11) is 2.12. The van der Waals surface area contributed by atoms with Crippen molar-refractivity contribution < 1.29 is 9.84 Å². The van der Waals surface area contributed by atoms with E-state index >= 15 is 0 Å². The van der Waals surface area contributed by atoms with Gasteiger partial charge in [0.15, 0.2) is 0 Å². The predicted molar refractivity (Wildman–Crippen MR) is 68.3 cm³/mol. The molecular weight excluding hydrogens is 232 g/mol. The van der Waals surface area contributed by atoms with Crippen LogP contribution >= 0.6 is 0 Å². The Bertz CT molecular complexity index is 356. The van der Waals surface area contributed by atoms with Crippen LogP contribution in [-0.2, 0) is 17.8 Å². The third-order valence-corrected chi connectivity index (χ3v) is 3.06. The second kappa shape index (κ2) is 6.84. The second-order valence-electron chi connectivity index (χ2n) is 4.72. The Balaban J connectivity index is 1.67. The third kappa shape index (κ3) is 4.06. The molecule has 102 valence electrons. The van der Waals surface area contributed by atoms with Crippen LogP contribution in [0.2, 0.25) is 0 Å². The molecule has 1 aliphatic rings. The van der Waals surface area contributed by atoms with Gasteiger partial charge in [-0.1, -0.05) is 0 Å². The maximum atomic E-state index is 8.80. The largest absolute Gasteiger partial charge is 0.394 e. The highest BCUT2D eigenvalue weighted by Crippen LogP contribution is 2.02. The average Bonchev–Trinajstić information content (AvgIpc) is 2.78. The molecule has 1 aromatic heterocycles. The first kappa shape index (κ1) is 13.5. The number of rotatable bonds is 6. The lowest BCUT2D eigenvalue weighted by Gasteiger charge is -2.30. The molecule has 0 bridgehead atoms. The highest BCUT2D eigenvalue weighted by atomic mass is 16.5. The number of aromatic nitrogens is 2. The van der Waals surface area contributed by atoms with Crippen LogP contribution in [0.3, 0.4) is 0 Å². The Morgan fingerprint density at radius 3 is 3.28 bits per heavy atom. The summed E-state index contributed by atoms with van der Waals surface area (Å²) in [4.78, 5) is 2.29. The van der Waals surface area contributed by atoms with Crippen molar-refractivity contribution >= 4 is 0 Å². The molecule has 1 aliphatic heterocycles. The van der Waals surface area contributed by atoms with Crippen molar-refractivity contribution in [3.63, 3.8) is 0 Å². The summed E-state index contributed by atoms with van der Waals surface area (Å²) in [6.45, 7) is 5.14. The number of likely N-dealkylation sites (N-methyl/N-ethyl adjacent to an activating group) is 1. The van der Waals surface area contributed by atoms with Crippen molar-refractivity contribution in [2.24, 2.45) is 0 Å². The Hall–Kier alpha value is -0.950. The highest BCUT2D eigenvalue weighted by Gasteiger charge is 2.16. The van der Waals surface area contributed by atoms with E-state index in [4.69, 9.17) is 9.84 Å². The fourth-order valence-corrected chi connectivity index (χ4v) is 2.09. The van der Waals surface area contributed by atoms with Crippen LogP contribution in [0.15, 0.2) is 12.4 Å². The Kier molecular flexibility index (Phi) is 5.12. The SMILES string of the molecule is CN1CCOC(CNCc2cnn(CCO)c2)C1. The molecule has 6 nitrogen and oxygen atoms in total. The van der Waals surface area contributed by atoms with Gasteiger partial charge in [0.25, 0.3) is 0 Å². The molecule has 1 unspecified atom stereocenters. The Morgan fingerprint density at radius 2 is 2.50 bits per heavy atom. The summed E-state index contributed by atoms with van der Waals surface area (Å²) >= 11 is 0. The molecule has 0 amide bonds. The zero-order valence-electron chi connectivity index (χ0n) is 10.9. The molecule has 0 radical (unpaired) electrons. The minimum Gasteiger partial charge on any atom is -0.394 e. The summed E-state index contributed by atoms with van der Waals surface area (Å²) in [5.74, 6) is 0. The molecule has 0 aromatic carbocycles. The lowest BCUT2D eigenvalue weighted by molar-refractivity contribution is -0.0182. The van der Waals surface area contributed by atoms with E-state index in [9.17, 15) is 0 Å². The van der Waals surface area contributed by atoms with Crippen molar-refractivity contribution in [2.45, 2.75) is 19.2 Å². The van der Waals surface area contributed by atoms with Crippen LogP contribution < -0.4 is 5.32 Å². The number of hydrogen-bond donors (Lipinski definition) is 2. The van der Waals surface area contributed by atoms with Crippen molar-refractivity contribution in [1.82, 2.24) is 20.0 Å². The lowest BCUT2D eigenvalue weighted by atomic mass is 10.2. The lowest BCUT2D eigenvalue weighted by Crippen LogP contribution is -2.44. The molecule has 2 heterocycles. The summed E-state index contributed by atoms with van der Waals surface area (Å²) < 4.78 is 7.42. The minimum atomic E-state index is 0.122. The van der Waals surface area contributed by atoms with Gasteiger partial charge in [0.05, 0.1) is 32.1 Å². The van der Waals surface area contributed by atoms with Crippen LogP contribution in [0.25, 0.3) is 0 Å². The molecule has 6 heteroatoms. The number of nitrogens with zero attached hydrogens (tertiary/aromatic N) is 3. The predicted octanol–water partition coefficient (Wildman–Crippen LogP) is -0.704. The molecule has 1 saturated heterocycles. The monoisotopic (exact) mass is 254 g/mol. The number of ether oxygens (including phenoxy) is 1. The van der Waals surface area contributed by atoms with Gasteiger partial charge in [-0.05, 0) is 7.05 Å². The van der Waals surface area contributed by atoms with Gasteiger partial charge in [-0.3, -0.25) is 4.68 Å². The van der Waals surface area contributed by atoms with E-state index < -0.39 is 0 Å². The van der Waals surface area contributed by atoms with Crippen LogP contribution in [0, 0.1) is 0 Å². The van der Waals surface area contributed by atoms with Crippen molar-refractivity contribution in [1.29, 1.82) is 0 Å². The number of aliphatic hydroxyl groups is 1. The first-order valence-corrected chi connectivity index (χ1v) is 6.41. The molecule has 2 rings (SSSR count). The topological polar surface area (TPSA) is 62.5 Å². The number of nitrogens with one attached hydrogen (secondary N) is 1. The number of morpholine rings is 1. The van der Waals surface area contributed by atoms with E-state index in [0.717, 1.165) is 38.3 Å². The molecule has 2 N–H and O–H groups in total. The normalized spacial score (nSPS) is 21.3. The standard InChI is InChI=1S/C12H22N4O2/c1-15-3-5-18-12(10-15)8-13-6-11-7-14-16(9-11)2-4-17/h7,9,12-13,17H,2-6,8,10H2,1H3. The van der Waals surface area contributed by atoms with Crippen LogP contribution in [0.1, 0.15) is 5.56 Å². The van der Waals surface area contributed by atoms with Crippen molar-refractivity contribution in [3.05, 3.63) is 18.0 Å². The van der Waals surface area contributed by atoms with Gasteiger partial charge in [-0.25, -0.2) is 0 Å². The first-order chi connectivity index (χ1) is 8.78. The molecule has 1 atom stereocenters. The Labute approximate surface area is 108 Å². The van der Waals surface area contributed by atoms with Crippen molar-refractivity contribution in [3.8, 4) is 0 Å². The summed E-state index contributed by atoms with van der Waals surface area (Å²) in [6.07, 6.45) is 4.06. The second-order valence-corrected chi connectivity index (χ2v) is 4.72. The molecule has 18 heavy (non-hydrogen) atoms. The van der Waals surface area contributed by atoms with E-state index in [-0.39, 0.29) is 12.7 Å². The van der Waals surface area contributed by atoms with Gasteiger partial charge >= 0.3 is 0 Å². The molecule has 0 aliphatic carbocycles. The molecular formula is C12H22N4O2. The molecule has 1 fully saturated rings. The first-order valence-electron chi connectivity index (χ1n) is 6.41. The fraction of sp³-hybridized carbons (Fsp3) is 0.750. The van der Waals surface area contributed by atoms with Crippen LogP contribution in [0.5, 0.6) is 0 Å². The van der Waals surface area contributed by atoms with E-state index in [2.05, 4.69) is 22.4 Å². The summed E-state index contributed by atoms with van der Waals surface area (Å²) in [5, 5.41) is 16.3. The van der Waals surface area contributed by atoms with Crippen molar-refractivity contribution in [2.75, 3.05) is 39.9 Å². The van der Waals surface area contributed by atoms with Gasteiger partial charge in [0, 0.05) is 37.9 Å². The van der Waals surface area contributed by atoms with E-state index in [0.29, 0.717) is 6.54 Å². The third-order valence-electron chi connectivity index (χ3n) is 3.06. The zero-order valence-corrected chi connectivity index (χ0v) is 10.9. The van der Waals surface area contributed by atoms with Gasteiger partial charge < -0.3 is 20.1 Å². The molecule has 0 saturated carbocycles. The van der Waals surface area contributed by atoms with Gasteiger partial charge in [-0.2, -0.15) is 5.10 Å². The Morgan fingerprint density at radius 1 is 1.61 bits per heavy atom. The van der Waals surface area contributed by atoms with Gasteiger partial charge in [0.1, 0.15) is 0 Å². The highest BCUT2D eigenvalue weighted by molar-refractivity contribution is 5.03. The number of aliphatic hydroxyl groups excluding tert-OH is 1. The maximum absolute atomic E-state index is 8.80. The summed E-state index contributed by atoms with van der Waals surface area (Å²) in [6, 6.07) is 0. The minimum absolute atomic E-state index is 0.122. The smallest absolute Gasteiger partial charge is 0.0826 e. The zero-order chi connectivity index (χ0) is 12.8. The van der Waals surface area contributed by atoms with Crippen LogP contribution in [-0.4, -0.2) is 65.8 Å². The van der Waals surface area contributed by atoms with E-state index in [1.54, 1.807) is 4.68 Å². The summed E-state index contributed by atoms with van der Waals surface area (Å²) in [5.41, 5.74) is 1.13. The molecule has 1 aromatic rings. The number of hydrogen-bond acceptors (Lipinski definition) is 5. The fourth-order valence-electron chi connectivity index (χ4n) is 2.09. The van der Waals surface area contributed by atoms with Gasteiger partial charge in [0.2, 0.25) is 0 Å². The van der Waals surface area contributed by atoms with E-state index in [1.165, 1.54) is 0 Å². The van der Waals surface area contributed by atoms with Crippen LogP contribution in [0.4, 0.5) is 0 Å². The quantitative estimate of drug-likeness (QED) is 0.702. The molecule has 0 spiro atoms. The van der Waals surface area contributed by atoms with Gasteiger partial charge in [-0.15, -0.1) is 0 Å². The average molecular weight is 254 g/mol. The maximum Gasteiger partial charge on any atom is 0.0826 e.